The monoisotopic (exact) mass is 677 g/mol. The van der Waals surface area contributed by atoms with Gasteiger partial charge in [0.1, 0.15) is 11.8 Å². The van der Waals surface area contributed by atoms with E-state index in [1.54, 1.807) is 17.0 Å². The number of nitrogens with one attached hydrogen (secondary N) is 1. The Kier molecular flexibility index (Phi) is 12.7. The molecule has 0 spiro atoms. The molecule has 2 amide bonds. The minimum atomic E-state index is -3.67. The van der Waals surface area contributed by atoms with Gasteiger partial charge in [-0.25, -0.2) is 8.42 Å². The first-order valence-electron chi connectivity index (χ1n) is 13.7. The van der Waals surface area contributed by atoms with E-state index in [0.717, 1.165) is 28.3 Å². The molecule has 0 heterocycles. The standard InChI is InChI=1S/C31H37BrClN3O5S/c1-4-18-34-31(38)28(20-23-9-6-5-7-10-23)35(22-24-12-14-25(32)15-13-24)30(37)11-8-19-36(42(3,39)40)26-16-17-29(41-2)27(33)21-26/h5-7,9-10,12-17,21,28H,4,8,11,18-20,22H2,1-3H3,(H,34,38). The Bertz CT molecular complexity index is 1440. The number of amides is 2. The van der Waals surface area contributed by atoms with Gasteiger partial charge in [-0.3, -0.25) is 13.9 Å². The number of hydrogen-bond acceptors (Lipinski definition) is 5. The van der Waals surface area contributed by atoms with Crippen molar-refractivity contribution < 1.29 is 22.7 Å². The van der Waals surface area contributed by atoms with E-state index in [4.69, 9.17) is 16.3 Å². The van der Waals surface area contributed by atoms with Gasteiger partial charge >= 0.3 is 0 Å². The van der Waals surface area contributed by atoms with Crippen LogP contribution in [0.4, 0.5) is 5.69 Å². The Hall–Kier alpha value is -3.08. The normalized spacial score (nSPS) is 11.9. The molecule has 0 aromatic heterocycles. The average Bonchev–Trinajstić information content (AvgIpc) is 2.96. The number of hydrogen-bond donors (Lipinski definition) is 1. The maximum absolute atomic E-state index is 13.9. The molecule has 1 atom stereocenters. The summed E-state index contributed by atoms with van der Waals surface area (Å²) in [5.41, 5.74) is 2.18. The fourth-order valence-electron chi connectivity index (χ4n) is 4.52. The molecule has 1 N–H and O–H groups in total. The molecule has 0 aliphatic rings. The molecule has 0 bridgehead atoms. The summed E-state index contributed by atoms with van der Waals surface area (Å²) >= 11 is 9.70. The zero-order chi connectivity index (χ0) is 30.7. The van der Waals surface area contributed by atoms with E-state index < -0.39 is 16.1 Å². The number of nitrogens with zero attached hydrogens (tertiary/aromatic N) is 2. The van der Waals surface area contributed by atoms with E-state index in [1.807, 2.05) is 61.5 Å². The largest absolute Gasteiger partial charge is 0.495 e. The SMILES string of the molecule is CCCNC(=O)C(Cc1ccccc1)N(Cc1ccc(Br)cc1)C(=O)CCCN(c1ccc(OC)c(Cl)c1)S(C)(=O)=O. The number of sulfonamides is 1. The Morgan fingerprint density at radius 2 is 1.71 bits per heavy atom. The lowest BCUT2D eigenvalue weighted by atomic mass is 10.0. The minimum Gasteiger partial charge on any atom is -0.495 e. The van der Waals surface area contributed by atoms with Gasteiger partial charge in [0.25, 0.3) is 0 Å². The first-order valence-corrected chi connectivity index (χ1v) is 16.7. The Balaban J connectivity index is 1.87. The number of benzene rings is 3. The molecule has 0 aliphatic carbocycles. The van der Waals surface area contributed by atoms with Gasteiger partial charge in [-0.15, -0.1) is 0 Å². The van der Waals surface area contributed by atoms with Crippen molar-refractivity contribution in [3.8, 4) is 5.75 Å². The zero-order valence-electron chi connectivity index (χ0n) is 24.1. The molecule has 0 saturated heterocycles. The molecule has 11 heteroatoms. The minimum absolute atomic E-state index is 0.0405. The zero-order valence-corrected chi connectivity index (χ0v) is 27.2. The van der Waals surface area contributed by atoms with Gasteiger partial charge in [0.15, 0.2) is 0 Å². The van der Waals surface area contributed by atoms with Crippen LogP contribution in [0.1, 0.15) is 37.3 Å². The van der Waals surface area contributed by atoms with Crippen LogP contribution in [-0.2, 0) is 32.6 Å². The second kappa shape index (κ2) is 16.0. The molecule has 3 rings (SSSR count). The van der Waals surface area contributed by atoms with Gasteiger partial charge < -0.3 is 15.0 Å². The van der Waals surface area contributed by atoms with Crippen molar-refractivity contribution in [3.05, 3.63) is 93.4 Å². The van der Waals surface area contributed by atoms with Crippen molar-refractivity contribution in [1.82, 2.24) is 10.2 Å². The van der Waals surface area contributed by atoms with Crippen molar-refractivity contribution in [1.29, 1.82) is 0 Å². The van der Waals surface area contributed by atoms with Crippen molar-refractivity contribution in [2.45, 2.75) is 45.2 Å². The second-order valence-electron chi connectivity index (χ2n) is 9.90. The fourth-order valence-corrected chi connectivity index (χ4v) is 5.99. The molecule has 0 fully saturated rings. The number of rotatable bonds is 15. The van der Waals surface area contributed by atoms with Crippen LogP contribution in [0.2, 0.25) is 5.02 Å². The molecule has 8 nitrogen and oxygen atoms in total. The molecule has 0 radical (unpaired) electrons. The molecular formula is C31H37BrClN3O5S. The van der Waals surface area contributed by atoms with E-state index in [-0.39, 0.29) is 42.8 Å². The summed E-state index contributed by atoms with van der Waals surface area (Å²) in [6.07, 6.45) is 2.50. The van der Waals surface area contributed by atoms with Gasteiger partial charge in [0, 0.05) is 36.9 Å². The van der Waals surface area contributed by atoms with Crippen molar-refractivity contribution >= 4 is 55.1 Å². The van der Waals surface area contributed by atoms with E-state index in [2.05, 4.69) is 21.2 Å². The summed E-state index contributed by atoms with van der Waals surface area (Å²) in [4.78, 5) is 28.9. The van der Waals surface area contributed by atoms with Crippen LogP contribution in [0.3, 0.4) is 0 Å². The summed E-state index contributed by atoms with van der Waals surface area (Å²) in [5, 5.41) is 3.24. The van der Waals surface area contributed by atoms with Crippen LogP contribution in [-0.4, -0.2) is 57.6 Å². The van der Waals surface area contributed by atoms with Crippen LogP contribution >= 0.6 is 27.5 Å². The van der Waals surface area contributed by atoms with Gasteiger partial charge in [0.05, 0.1) is 24.1 Å². The summed E-state index contributed by atoms with van der Waals surface area (Å²) in [6.45, 7) is 2.76. The highest BCUT2D eigenvalue weighted by Gasteiger charge is 2.30. The molecule has 0 saturated carbocycles. The third-order valence-corrected chi connectivity index (χ3v) is 8.68. The van der Waals surface area contributed by atoms with Gasteiger partial charge in [-0.05, 0) is 54.3 Å². The summed E-state index contributed by atoms with van der Waals surface area (Å²) < 4.78 is 32.7. The third-order valence-electron chi connectivity index (χ3n) is 6.66. The number of carbonyl (C=O) groups is 2. The topological polar surface area (TPSA) is 96.0 Å². The first kappa shape index (κ1) is 33.4. The van der Waals surface area contributed by atoms with Gasteiger partial charge in [0.2, 0.25) is 21.8 Å². The van der Waals surface area contributed by atoms with Crippen molar-refractivity contribution in [2.75, 3.05) is 30.8 Å². The number of methoxy groups -OCH3 is 1. The van der Waals surface area contributed by atoms with Crippen LogP contribution < -0.4 is 14.4 Å². The van der Waals surface area contributed by atoms with Crippen molar-refractivity contribution in [3.63, 3.8) is 0 Å². The highest BCUT2D eigenvalue weighted by molar-refractivity contribution is 9.10. The molecule has 226 valence electrons. The fraction of sp³-hybridized carbons (Fsp3) is 0.355. The van der Waals surface area contributed by atoms with Gasteiger partial charge in [-0.2, -0.15) is 0 Å². The van der Waals surface area contributed by atoms with Crippen LogP contribution in [0.5, 0.6) is 5.75 Å². The predicted molar refractivity (Wildman–Crippen MR) is 171 cm³/mol. The maximum Gasteiger partial charge on any atom is 0.243 e. The van der Waals surface area contributed by atoms with E-state index in [1.165, 1.54) is 17.5 Å². The molecule has 3 aromatic carbocycles. The molecule has 1 unspecified atom stereocenters. The Morgan fingerprint density at radius 3 is 2.31 bits per heavy atom. The Labute approximate surface area is 262 Å². The summed E-state index contributed by atoms with van der Waals surface area (Å²) in [7, 11) is -2.18. The van der Waals surface area contributed by atoms with Crippen LogP contribution in [0, 0.1) is 0 Å². The number of halogens is 2. The van der Waals surface area contributed by atoms with E-state index in [0.29, 0.717) is 24.4 Å². The quantitative estimate of drug-likeness (QED) is 0.219. The van der Waals surface area contributed by atoms with Crippen molar-refractivity contribution in [2.24, 2.45) is 0 Å². The maximum atomic E-state index is 13.9. The first-order chi connectivity index (χ1) is 20.0. The van der Waals surface area contributed by atoms with E-state index >= 15 is 0 Å². The lowest BCUT2D eigenvalue weighted by molar-refractivity contribution is -0.141. The lowest BCUT2D eigenvalue weighted by Crippen LogP contribution is -2.50. The smallest absolute Gasteiger partial charge is 0.243 e. The molecular weight excluding hydrogens is 642 g/mol. The number of anilines is 1. The molecule has 3 aromatic rings. The van der Waals surface area contributed by atoms with Crippen LogP contribution in [0.25, 0.3) is 0 Å². The number of ether oxygens (including phenoxy) is 1. The number of carbonyl (C=O) groups excluding carboxylic acids is 2. The second-order valence-corrected chi connectivity index (χ2v) is 13.1. The van der Waals surface area contributed by atoms with E-state index in [9.17, 15) is 18.0 Å². The molecule has 0 aliphatic heterocycles. The van der Waals surface area contributed by atoms with Crippen LogP contribution in [0.15, 0.2) is 77.3 Å². The summed E-state index contributed by atoms with van der Waals surface area (Å²) in [6, 6.07) is 21.2. The predicted octanol–water partition coefficient (Wildman–Crippen LogP) is 5.82. The highest BCUT2D eigenvalue weighted by atomic mass is 79.9. The Morgan fingerprint density at radius 1 is 1.02 bits per heavy atom. The molecule has 42 heavy (non-hydrogen) atoms. The average molecular weight is 679 g/mol. The summed E-state index contributed by atoms with van der Waals surface area (Å²) in [5.74, 6) is -0.0399. The lowest BCUT2D eigenvalue weighted by Gasteiger charge is -2.32. The third kappa shape index (κ3) is 9.74. The van der Waals surface area contributed by atoms with Gasteiger partial charge in [-0.1, -0.05) is 76.9 Å². The highest BCUT2D eigenvalue weighted by Crippen LogP contribution is 2.30.